The molecule has 2 aromatic heterocycles. The third kappa shape index (κ3) is 4.00. The predicted molar refractivity (Wildman–Crippen MR) is 119 cm³/mol. The molecular formula is C25H19FN4O2. The summed E-state index contributed by atoms with van der Waals surface area (Å²) < 4.78 is 20.5. The predicted octanol–water partition coefficient (Wildman–Crippen LogP) is 4.68. The second-order valence-electron chi connectivity index (χ2n) is 7.37. The Kier molecular flexibility index (Phi) is 5.21. The van der Waals surface area contributed by atoms with Crippen molar-refractivity contribution in [1.29, 1.82) is 0 Å². The lowest BCUT2D eigenvalue weighted by Gasteiger charge is -2.05. The molecule has 0 aliphatic carbocycles. The van der Waals surface area contributed by atoms with E-state index in [9.17, 15) is 9.18 Å². The number of nitrogens with zero attached hydrogens (tertiary/aromatic N) is 3. The maximum absolute atomic E-state index is 13.4. The topological polar surface area (TPSA) is 73.0 Å². The molecule has 0 saturated heterocycles. The molecule has 158 valence electrons. The molecule has 0 spiro atoms. The van der Waals surface area contributed by atoms with Crippen LogP contribution in [0.5, 0.6) is 0 Å². The summed E-state index contributed by atoms with van der Waals surface area (Å²) in [4.78, 5) is 12.6. The van der Waals surface area contributed by atoms with Gasteiger partial charge in [0.25, 0.3) is 0 Å². The minimum atomic E-state index is -0.314. The molecule has 1 N–H and O–H groups in total. The van der Waals surface area contributed by atoms with E-state index in [2.05, 4.69) is 10.5 Å². The van der Waals surface area contributed by atoms with Crippen LogP contribution in [-0.2, 0) is 17.8 Å². The first-order valence-electron chi connectivity index (χ1n) is 10.2. The maximum atomic E-state index is 13.4. The Morgan fingerprint density at radius 2 is 1.72 bits per heavy atom. The van der Waals surface area contributed by atoms with Gasteiger partial charge in [-0.2, -0.15) is 5.10 Å². The summed E-state index contributed by atoms with van der Waals surface area (Å²) in [5.74, 6) is -0.493. The number of halogens is 1. The van der Waals surface area contributed by atoms with Crippen molar-refractivity contribution in [2.24, 2.45) is 0 Å². The van der Waals surface area contributed by atoms with Crippen LogP contribution >= 0.6 is 0 Å². The first kappa shape index (κ1) is 19.7. The van der Waals surface area contributed by atoms with E-state index in [0.717, 1.165) is 22.2 Å². The van der Waals surface area contributed by atoms with E-state index in [1.54, 1.807) is 16.8 Å². The summed E-state index contributed by atoms with van der Waals surface area (Å²) >= 11 is 0. The van der Waals surface area contributed by atoms with E-state index < -0.39 is 0 Å². The van der Waals surface area contributed by atoms with Crippen LogP contribution in [0.15, 0.2) is 89.6 Å². The highest BCUT2D eigenvalue weighted by atomic mass is 19.1. The van der Waals surface area contributed by atoms with Crippen LogP contribution < -0.4 is 5.32 Å². The number of carbonyl (C=O) groups is 1. The number of para-hydroxylation sites is 2. The summed E-state index contributed by atoms with van der Waals surface area (Å²) in [5.41, 5.74) is 4.41. The number of aromatic nitrogens is 3. The van der Waals surface area contributed by atoms with Gasteiger partial charge in [-0.25, -0.2) is 9.07 Å². The maximum Gasteiger partial charge on any atom is 0.226 e. The van der Waals surface area contributed by atoms with Gasteiger partial charge in [-0.05, 0) is 48.5 Å². The van der Waals surface area contributed by atoms with Gasteiger partial charge in [0.2, 0.25) is 5.91 Å². The fourth-order valence-corrected chi connectivity index (χ4v) is 3.58. The molecule has 2 heterocycles. The second kappa shape index (κ2) is 8.47. The molecule has 6 nitrogen and oxygen atoms in total. The number of rotatable bonds is 6. The quantitative estimate of drug-likeness (QED) is 0.428. The zero-order valence-corrected chi connectivity index (χ0v) is 17.0. The van der Waals surface area contributed by atoms with Gasteiger partial charge in [0.1, 0.15) is 11.5 Å². The summed E-state index contributed by atoms with van der Waals surface area (Å²) in [6.45, 7) is 0.272. The van der Waals surface area contributed by atoms with Gasteiger partial charge in [-0.3, -0.25) is 4.79 Å². The zero-order valence-electron chi connectivity index (χ0n) is 17.0. The highest BCUT2D eigenvalue weighted by Gasteiger charge is 2.16. The molecule has 0 aliphatic rings. The molecule has 0 fully saturated rings. The Bertz CT molecular complexity index is 1370. The molecule has 0 unspecified atom stereocenters. The van der Waals surface area contributed by atoms with Crippen LogP contribution in [0.2, 0.25) is 0 Å². The molecule has 7 heteroatoms. The van der Waals surface area contributed by atoms with Crippen LogP contribution in [0.3, 0.4) is 0 Å². The molecule has 0 aliphatic heterocycles. The van der Waals surface area contributed by atoms with Gasteiger partial charge < -0.3 is 9.84 Å². The molecule has 0 atom stereocenters. The molecule has 5 rings (SSSR count). The largest absolute Gasteiger partial charge is 0.356 e. The lowest BCUT2D eigenvalue weighted by atomic mass is 10.1. The SMILES string of the molecule is O=C(Cc1noc2ccccc12)NCc1cn(-c2ccccc2)nc1-c1ccc(F)cc1. The van der Waals surface area contributed by atoms with E-state index in [4.69, 9.17) is 9.62 Å². The van der Waals surface area contributed by atoms with Gasteiger partial charge in [0.15, 0.2) is 5.58 Å². The Hall–Kier alpha value is -4.26. The van der Waals surface area contributed by atoms with Crippen molar-refractivity contribution in [3.8, 4) is 16.9 Å². The summed E-state index contributed by atoms with van der Waals surface area (Å²) in [6.07, 6.45) is 1.98. The minimum Gasteiger partial charge on any atom is -0.356 e. The molecule has 0 saturated carbocycles. The lowest BCUT2D eigenvalue weighted by molar-refractivity contribution is -0.120. The Labute approximate surface area is 183 Å². The van der Waals surface area contributed by atoms with Crippen LogP contribution in [0, 0.1) is 5.82 Å². The summed E-state index contributed by atoms with van der Waals surface area (Å²) in [5, 5.41) is 12.5. The number of fused-ring (bicyclic) bond motifs is 1. The van der Waals surface area contributed by atoms with Crippen molar-refractivity contribution in [3.05, 3.63) is 102 Å². The van der Waals surface area contributed by atoms with Crippen LogP contribution in [-0.4, -0.2) is 20.8 Å². The van der Waals surface area contributed by atoms with Gasteiger partial charge in [-0.1, -0.05) is 35.5 Å². The average Bonchev–Trinajstić information content (AvgIpc) is 3.44. The Morgan fingerprint density at radius 1 is 0.969 bits per heavy atom. The van der Waals surface area contributed by atoms with Gasteiger partial charge in [0.05, 0.1) is 17.8 Å². The smallest absolute Gasteiger partial charge is 0.226 e. The van der Waals surface area contributed by atoms with Crippen LogP contribution in [0.4, 0.5) is 4.39 Å². The fourth-order valence-electron chi connectivity index (χ4n) is 3.58. The highest BCUT2D eigenvalue weighted by molar-refractivity contribution is 5.86. The van der Waals surface area contributed by atoms with Crippen LogP contribution in [0.25, 0.3) is 27.9 Å². The van der Waals surface area contributed by atoms with E-state index in [-0.39, 0.29) is 24.7 Å². The second-order valence-corrected chi connectivity index (χ2v) is 7.37. The number of carbonyl (C=O) groups excluding carboxylic acids is 1. The molecule has 32 heavy (non-hydrogen) atoms. The molecule has 0 bridgehead atoms. The number of hydrogen-bond acceptors (Lipinski definition) is 4. The lowest BCUT2D eigenvalue weighted by Crippen LogP contribution is -2.24. The first-order valence-corrected chi connectivity index (χ1v) is 10.2. The van der Waals surface area contributed by atoms with E-state index in [1.807, 2.05) is 60.8 Å². The fraction of sp³-hybridized carbons (Fsp3) is 0.0800. The molecular weight excluding hydrogens is 407 g/mol. The number of hydrogen-bond donors (Lipinski definition) is 1. The normalized spacial score (nSPS) is 11.0. The van der Waals surface area contributed by atoms with E-state index in [0.29, 0.717) is 17.0 Å². The van der Waals surface area contributed by atoms with E-state index in [1.165, 1.54) is 12.1 Å². The third-order valence-electron chi connectivity index (χ3n) is 5.18. The monoisotopic (exact) mass is 426 g/mol. The number of benzene rings is 3. The van der Waals surface area contributed by atoms with Gasteiger partial charge in [-0.15, -0.1) is 0 Å². The molecule has 1 amide bonds. The van der Waals surface area contributed by atoms with Crippen molar-refractivity contribution >= 4 is 16.9 Å². The Morgan fingerprint density at radius 3 is 2.53 bits per heavy atom. The third-order valence-corrected chi connectivity index (χ3v) is 5.18. The van der Waals surface area contributed by atoms with Crippen molar-refractivity contribution in [3.63, 3.8) is 0 Å². The van der Waals surface area contributed by atoms with Gasteiger partial charge >= 0.3 is 0 Å². The standard InChI is InChI=1S/C25H19FN4O2/c26-19-12-10-17(11-13-19)25-18(16-30(28-25)20-6-2-1-3-7-20)15-27-24(31)14-22-21-8-4-5-9-23(21)32-29-22/h1-13,16H,14-15H2,(H,27,31). The van der Waals surface area contributed by atoms with Crippen molar-refractivity contribution in [2.45, 2.75) is 13.0 Å². The minimum absolute atomic E-state index is 0.107. The van der Waals surface area contributed by atoms with E-state index >= 15 is 0 Å². The Balaban J connectivity index is 1.38. The number of amides is 1. The van der Waals surface area contributed by atoms with Crippen molar-refractivity contribution in [2.75, 3.05) is 0 Å². The summed E-state index contributed by atoms with van der Waals surface area (Å²) in [7, 11) is 0. The average molecular weight is 426 g/mol. The zero-order chi connectivity index (χ0) is 21.9. The summed E-state index contributed by atoms with van der Waals surface area (Å²) in [6, 6.07) is 23.3. The van der Waals surface area contributed by atoms with Crippen molar-refractivity contribution in [1.82, 2.24) is 20.3 Å². The number of nitrogens with one attached hydrogen (secondary N) is 1. The molecule has 3 aromatic carbocycles. The van der Waals surface area contributed by atoms with Crippen molar-refractivity contribution < 1.29 is 13.7 Å². The molecule has 0 radical (unpaired) electrons. The molecule has 5 aromatic rings. The highest BCUT2D eigenvalue weighted by Crippen LogP contribution is 2.24. The van der Waals surface area contributed by atoms with Crippen LogP contribution in [0.1, 0.15) is 11.3 Å². The van der Waals surface area contributed by atoms with Gasteiger partial charge in [0, 0.05) is 29.3 Å². The first-order chi connectivity index (χ1) is 15.7.